The van der Waals surface area contributed by atoms with Crippen molar-refractivity contribution in [3.63, 3.8) is 0 Å². The zero-order chi connectivity index (χ0) is 14.5. The average Bonchev–Trinajstić information content (AvgIpc) is 2.41. The summed E-state index contributed by atoms with van der Waals surface area (Å²) in [6.45, 7) is 0. The topological polar surface area (TPSA) is 104 Å². The van der Waals surface area contributed by atoms with Crippen molar-refractivity contribution in [2.45, 2.75) is 0 Å². The molecule has 0 radical (unpaired) electrons. The van der Waals surface area contributed by atoms with E-state index in [1.54, 1.807) is 12.1 Å². The number of benzene rings is 1. The molecule has 0 aliphatic carbocycles. The van der Waals surface area contributed by atoms with E-state index >= 15 is 0 Å². The molecule has 0 aliphatic heterocycles. The Morgan fingerprint density at radius 1 is 1.15 bits per heavy atom. The molecule has 2 aromatic rings. The number of aromatic carboxylic acids is 1. The van der Waals surface area contributed by atoms with Crippen LogP contribution in [-0.4, -0.2) is 27.1 Å². The fourth-order valence-electron chi connectivity index (χ4n) is 1.39. The summed E-state index contributed by atoms with van der Waals surface area (Å²) in [6.07, 6.45) is 2.98. The molecule has 2 amide bonds. The van der Waals surface area contributed by atoms with Gasteiger partial charge in [-0.15, -0.1) is 0 Å². The Balaban J connectivity index is 2.08. The van der Waals surface area contributed by atoms with Gasteiger partial charge in [0.05, 0.1) is 5.56 Å². The zero-order valence-corrected chi connectivity index (χ0v) is 11.6. The molecule has 0 aliphatic rings. The summed E-state index contributed by atoms with van der Waals surface area (Å²) < 4.78 is 0.433. The molecule has 0 spiro atoms. The maximum atomic E-state index is 11.7. The van der Waals surface area contributed by atoms with E-state index < -0.39 is 12.0 Å². The van der Waals surface area contributed by atoms with Gasteiger partial charge in [-0.05, 0) is 40.2 Å². The van der Waals surface area contributed by atoms with Crippen LogP contribution < -0.4 is 10.6 Å². The van der Waals surface area contributed by atoms with Crippen LogP contribution in [0.1, 0.15) is 10.4 Å². The molecule has 0 saturated carbocycles. The number of aromatic nitrogens is 2. The standard InChI is InChI=1S/C12H9BrN4O3/c13-9-3-2-7(6-8(9)10(18)19)16-12(20)17-11-14-4-1-5-15-11/h1-6H,(H,18,19)(H2,14,15,16,17,20). The van der Waals surface area contributed by atoms with Crippen molar-refractivity contribution in [2.24, 2.45) is 0 Å². The fraction of sp³-hybridized carbons (Fsp3) is 0. The quantitative estimate of drug-likeness (QED) is 0.799. The second kappa shape index (κ2) is 6.11. The maximum absolute atomic E-state index is 11.7. The van der Waals surface area contributed by atoms with E-state index in [-0.39, 0.29) is 11.5 Å². The van der Waals surface area contributed by atoms with Crippen molar-refractivity contribution in [2.75, 3.05) is 10.6 Å². The van der Waals surface area contributed by atoms with E-state index in [4.69, 9.17) is 5.11 Å². The Hall–Kier alpha value is -2.48. The smallest absolute Gasteiger partial charge is 0.336 e. The molecule has 7 nitrogen and oxygen atoms in total. The van der Waals surface area contributed by atoms with Gasteiger partial charge in [-0.25, -0.2) is 19.6 Å². The summed E-state index contributed by atoms with van der Waals surface area (Å²) in [4.78, 5) is 30.3. The van der Waals surface area contributed by atoms with Crippen LogP contribution in [0.3, 0.4) is 0 Å². The monoisotopic (exact) mass is 336 g/mol. The number of carbonyl (C=O) groups excluding carboxylic acids is 1. The summed E-state index contributed by atoms with van der Waals surface area (Å²) >= 11 is 3.12. The van der Waals surface area contributed by atoms with Crippen LogP contribution in [0.25, 0.3) is 0 Å². The molecule has 20 heavy (non-hydrogen) atoms. The molecule has 1 aromatic heterocycles. The van der Waals surface area contributed by atoms with Crippen molar-refractivity contribution >= 4 is 39.6 Å². The highest BCUT2D eigenvalue weighted by molar-refractivity contribution is 9.10. The van der Waals surface area contributed by atoms with Gasteiger partial charge in [0, 0.05) is 22.6 Å². The van der Waals surface area contributed by atoms with Crippen molar-refractivity contribution in [1.29, 1.82) is 0 Å². The third-order valence-corrected chi connectivity index (χ3v) is 2.94. The third-order valence-electron chi connectivity index (χ3n) is 2.25. The number of halogens is 1. The van der Waals surface area contributed by atoms with Crippen LogP contribution in [0.4, 0.5) is 16.4 Å². The normalized spacial score (nSPS) is 9.85. The van der Waals surface area contributed by atoms with Gasteiger partial charge < -0.3 is 10.4 Å². The molecular weight excluding hydrogens is 328 g/mol. The molecule has 1 heterocycles. The Kier molecular flexibility index (Phi) is 4.26. The van der Waals surface area contributed by atoms with Crippen LogP contribution in [0.15, 0.2) is 41.1 Å². The minimum Gasteiger partial charge on any atom is -0.478 e. The minimum absolute atomic E-state index is 0.0544. The number of carboxylic acid groups (broad SMARTS) is 1. The molecule has 0 saturated heterocycles. The summed E-state index contributed by atoms with van der Waals surface area (Å²) in [7, 11) is 0. The van der Waals surface area contributed by atoms with Gasteiger partial charge in [-0.2, -0.15) is 0 Å². The fourth-order valence-corrected chi connectivity index (χ4v) is 1.81. The number of nitrogens with zero attached hydrogens (tertiary/aromatic N) is 2. The second-order valence-electron chi connectivity index (χ2n) is 3.65. The van der Waals surface area contributed by atoms with Gasteiger partial charge in [0.1, 0.15) is 0 Å². The Labute approximate surface area is 122 Å². The van der Waals surface area contributed by atoms with E-state index in [1.807, 2.05) is 0 Å². The van der Waals surface area contributed by atoms with Crippen molar-refractivity contribution in [1.82, 2.24) is 9.97 Å². The summed E-state index contributed by atoms with van der Waals surface area (Å²) in [5.74, 6) is -0.937. The van der Waals surface area contributed by atoms with Crippen LogP contribution in [-0.2, 0) is 0 Å². The molecule has 0 atom stereocenters. The van der Waals surface area contributed by atoms with E-state index in [0.29, 0.717) is 10.2 Å². The number of carboxylic acids is 1. The lowest BCUT2D eigenvalue weighted by Crippen LogP contribution is -2.21. The van der Waals surface area contributed by atoms with E-state index in [9.17, 15) is 9.59 Å². The van der Waals surface area contributed by atoms with E-state index in [2.05, 4.69) is 36.5 Å². The molecule has 0 fully saturated rings. The maximum Gasteiger partial charge on any atom is 0.336 e. The van der Waals surface area contributed by atoms with Gasteiger partial charge in [-0.3, -0.25) is 5.32 Å². The molecule has 3 N–H and O–H groups in total. The van der Waals surface area contributed by atoms with Gasteiger partial charge in [0.2, 0.25) is 5.95 Å². The molecular formula is C12H9BrN4O3. The van der Waals surface area contributed by atoms with Crippen molar-refractivity contribution in [3.8, 4) is 0 Å². The first kappa shape index (κ1) is 13.9. The van der Waals surface area contributed by atoms with Crippen molar-refractivity contribution < 1.29 is 14.7 Å². The summed E-state index contributed by atoms with van der Waals surface area (Å²) in [6, 6.07) is 5.52. The summed E-state index contributed by atoms with van der Waals surface area (Å²) in [5.41, 5.74) is 0.401. The number of anilines is 2. The highest BCUT2D eigenvalue weighted by Gasteiger charge is 2.10. The Morgan fingerprint density at radius 2 is 1.85 bits per heavy atom. The zero-order valence-electron chi connectivity index (χ0n) is 10.0. The first-order chi connectivity index (χ1) is 9.56. The van der Waals surface area contributed by atoms with Crippen LogP contribution in [0.2, 0.25) is 0 Å². The molecule has 2 rings (SSSR count). The second-order valence-corrected chi connectivity index (χ2v) is 4.51. The van der Waals surface area contributed by atoms with E-state index in [0.717, 1.165) is 0 Å². The number of amides is 2. The van der Waals surface area contributed by atoms with Crippen LogP contribution in [0.5, 0.6) is 0 Å². The minimum atomic E-state index is -1.09. The molecule has 8 heteroatoms. The van der Waals surface area contributed by atoms with Gasteiger partial charge in [0.15, 0.2) is 0 Å². The number of hydrogen-bond acceptors (Lipinski definition) is 4. The van der Waals surface area contributed by atoms with Gasteiger partial charge in [-0.1, -0.05) is 0 Å². The van der Waals surface area contributed by atoms with Gasteiger partial charge in [0.25, 0.3) is 0 Å². The lowest BCUT2D eigenvalue weighted by Gasteiger charge is -2.07. The third kappa shape index (κ3) is 3.51. The van der Waals surface area contributed by atoms with Crippen molar-refractivity contribution in [3.05, 3.63) is 46.7 Å². The molecule has 0 bridgehead atoms. The first-order valence-electron chi connectivity index (χ1n) is 5.44. The average molecular weight is 337 g/mol. The first-order valence-corrected chi connectivity index (χ1v) is 6.23. The predicted molar refractivity (Wildman–Crippen MR) is 75.8 cm³/mol. The highest BCUT2D eigenvalue weighted by Crippen LogP contribution is 2.21. The lowest BCUT2D eigenvalue weighted by atomic mass is 10.2. The largest absolute Gasteiger partial charge is 0.478 e. The molecule has 0 unspecified atom stereocenters. The molecule has 102 valence electrons. The van der Waals surface area contributed by atoms with E-state index in [1.165, 1.54) is 24.5 Å². The summed E-state index contributed by atoms with van der Waals surface area (Å²) in [5, 5.41) is 13.9. The van der Waals surface area contributed by atoms with Crippen LogP contribution >= 0.6 is 15.9 Å². The number of rotatable bonds is 3. The number of urea groups is 1. The number of nitrogens with one attached hydrogen (secondary N) is 2. The lowest BCUT2D eigenvalue weighted by molar-refractivity contribution is 0.0696. The number of hydrogen-bond donors (Lipinski definition) is 3. The van der Waals surface area contributed by atoms with Crippen LogP contribution in [0, 0.1) is 0 Å². The SMILES string of the molecule is O=C(Nc1ccc(Br)c(C(=O)O)c1)Nc1ncccn1. The Bertz CT molecular complexity index is 648. The molecule has 1 aromatic carbocycles. The van der Waals surface area contributed by atoms with Gasteiger partial charge >= 0.3 is 12.0 Å². The Morgan fingerprint density at radius 3 is 2.50 bits per heavy atom. The predicted octanol–water partition coefficient (Wildman–Crippen LogP) is 2.58. The highest BCUT2D eigenvalue weighted by atomic mass is 79.9. The number of carbonyl (C=O) groups is 2.